The fraction of sp³-hybridized carbons (Fsp3) is 0.818. The van der Waals surface area contributed by atoms with Gasteiger partial charge in [-0.3, -0.25) is 9.98 Å². The van der Waals surface area contributed by atoms with Gasteiger partial charge in [0.25, 0.3) is 0 Å². The Morgan fingerprint density at radius 1 is 0.667 bits per heavy atom. The highest BCUT2D eigenvalue weighted by Gasteiger charge is 1.80. The van der Waals surface area contributed by atoms with Gasteiger partial charge in [0.15, 0.2) is 11.9 Å². The molecule has 0 aliphatic carbocycles. The molecule has 4 N–H and O–H groups in total. The van der Waals surface area contributed by atoms with Gasteiger partial charge in [-0.2, -0.15) is 0 Å². The summed E-state index contributed by atoms with van der Waals surface area (Å²) >= 11 is 0. The highest BCUT2D eigenvalue weighted by Crippen LogP contribution is 1.55. The Hall–Kier alpha value is -1.50. The minimum absolute atomic E-state index is 0.806. The van der Waals surface area contributed by atoms with Crippen LogP contribution in [0.5, 0.6) is 0 Å². The standard InChI is InChI=1S/2C4H11N3.C3H9N/c2*1-5-4(6-2)7-3;1-4(2)3/h2*1-3H3,(H2,5,6,7);1-3H3. The van der Waals surface area contributed by atoms with E-state index in [2.05, 4.69) is 31.3 Å². The summed E-state index contributed by atoms with van der Waals surface area (Å²) in [5, 5.41) is 11.4. The van der Waals surface area contributed by atoms with Crippen LogP contribution in [0.25, 0.3) is 0 Å². The van der Waals surface area contributed by atoms with Gasteiger partial charge in [0.1, 0.15) is 0 Å². The van der Waals surface area contributed by atoms with Crippen molar-refractivity contribution in [1.29, 1.82) is 0 Å². The molecule has 0 saturated heterocycles. The van der Waals surface area contributed by atoms with Crippen molar-refractivity contribution in [2.45, 2.75) is 0 Å². The predicted octanol–water partition coefficient (Wildman–Crippen LogP) is -1.00. The van der Waals surface area contributed by atoms with Gasteiger partial charge < -0.3 is 26.2 Å². The second-order valence-electron chi connectivity index (χ2n) is 3.49. The summed E-state index contributed by atoms with van der Waals surface area (Å²) in [4.78, 5) is 9.64. The molecule has 0 aromatic carbocycles. The van der Waals surface area contributed by atoms with Gasteiger partial charge in [0.2, 0.25) is 0 Å². The fourth-order valence-electron chi connectivity index (χ4n) is 0.697. The Labute approximate surface area is 112 Å². The van der Waals surface area contributed by atoms with Gasteiger partial charge in [0, 0.05) is 42.3 Å². The van der Waals surface area contributed by atoms with Gasteiger partial charge in [0.05, 0.1) is 0 Å². The molecule has 0 radical (unpaired) electrons. The molecule has 0 atom stereocenters. The lowest BCUT2D eigenvalue weighted by Gasteiger charge is -1.99. The highest BCUT2D eigenvalue weighted by molar-refractivity contribution is 5.79. The van der Waals surface area contributed by atoms with E-state index in [-0.39, 0.29) is 0 Å². The van der Waals surface area contributed by atoms with Crippen molar-refractivity contribution in [2.24, 2.45) is 9.98 Å². The van der Waals surface area contributed by atoms with Gasteiger partial charge in [-0.15, -0.1) is 0 Å². The van der Waals surface area contributed by atoms with E-state index in [4.69, 9.17) is 0 Å². The number of hydrogen-bond acceptors (Lipinski definition) is 3. The van der Waals surface area contributed by atoms with Crippen molar-refractivity contribution in [3.63, 3.8) is 0 Å². The number of hydrogen-bond donors (Lipinski definition) is 4. The normalized spacial score (nSPS) is 7.67. The molecule has 7 heteroatoms. The third-order valence-electron chi connectivity index (χ3n) is 1.39. The van der Waals surface area contributed by atoms with Crippen LogP contribution in [-0.2, 0) is 0 Å². The van der Waals surface area contributed by atoms with Crippen LogP contribution in [0.2, 0.25) is 0 Å². The van der Waals surface area contributed by atoms with Crippen molar-refractivity contribution < 1.29 is 0 Å². The lowest BCUT2D eigenvalue weighted by atomic mass is 10.9. The molecule has 0 aliphatic rings. The SMILES string of the molecule is CN(C)C.CN=C(NC)NC.CN=C(NC)NC. The Morgan fingerprint density at radius 2 is 0.833 bits per heavy atom. The molecule has 0 saturated carbocycles. The molecule has 0 bridgehead atoms. The molecule has 0 unspecified atom stereocenters. The van der Waals surface area contributed by atoms with Crippen molar-refractivity contribution in [3.05, 3.63) is 0 Å². The number of nitrogens with one attached hydrogen (secondary N) is 4. The maximum absolute atomic E-state index is 3.82. The van der Waals surface area contributed by atoms with Crippen LogP contribution < -0.4 is 21.3 Å². The van der Waals surface area contributed by atoms with E-state index in [0.29, 0.717) is 0 Å². The third kappa shape index (κ3) is 24.0. The minimum Gasteiger partial charge on any atom is -0.359 e. The molecule has 0 aliphatic heterocycles. The minimum atomic E-state index is 0.806. The largest absolute Gasteiger partial charge is 0.359 e. The smallest absolute Gasteiger partial charge is 0.190 e. The fourth-order valence-corrected chi connectivity index (χ4v) is 0.697. The molecule has 0 amide bonds. The van der Waals surface area contributed by atoms with E-state index in [1.807, 2.05) is 54.2 Å². The molecular weight excluding hydrogens is 230 g/mol. The van der Waals surface area contributed by atoms with Crippen LogP contribution in [0.4, 0.5) is 0 Å². The second kappa shape index (κ2) is 17.9. The first kappa shape index (κ1) is 21.8. The number of guanidine groups is 2. The van der Waals surface area contributed by atoms with Gasteiger partial charge in [-0.25, -0.2) is 0 Å². The molecule has 0 heterocycles. The number of rotatable bonds is 0. The van der Waals surface area contributed by atoms with Crippen LogP contribution in [0.1, 0.15) is 0 Å². The first-order valence-corrected chi connectivity index (χ1v) is 5.68. The summed E-state index contributed by atoms with van der Waals surface area (Å²) in [6, 6.07) is 0. The van der Waals surface area contributed by atoms with E-state index in [0.717, 1.165) is 11.9 Å². The predicted molar refractivity (Wildman–Crippen MR) is 82.6 cm³/mol. The van der Waals surface area contributed by atoms with Crippen molar-refractivity contribution in [3.8, 4) is 0 Å². The average Bonchev–Trinajstić information content (AvgIpc) is 2.34. The Bertz CT molecular complexity index is 177. The first-order valence-electron chi connectivity index (χ1n) is 5.68. The molecule has 0 spiro atoms. The van der Waals surface area contributed by atoms with E-state index >= 15 is 0 Å². The average molecular weight is 261 g/mol. The molecular formula is C11H31N7. The lowest BCUT2D eigenvalue weighted by molar-refractivity contribution is 0.505. The van der Waals surface area contributed by atoms with Gasteiger partial charge >= 0.3 is 0 Å². The maximum Gasteiger partial charge on any atom is 0.190 e. The molecule has 7 nitrogen and oxygen atoms in total. The summed E-state index contributed by atoms with van der Waals surface area (Å²) in [5.41, 5.74) is 0. The molecule has 110 valence electrons. The Balaban J connectivity index is -0.000000196. The van der Waals surface area contributed by atoms with Crippen LogP contribution in [-0.4, -0.2) is 80.2 Å². The van der Waals surface area contributed by atoms with Crippen molar-refractivity contribution >= 4 is 11.9 Å². The summed E-state index contributed by atoms with van der Waals surface area (Å²) in [6.07, 6.45) is 0. The zero-order valence-electron chi connectivity index (χ0n) is 13.3. The van der Waals surface area contributed by atoms with E-state index in [1.165, 1.54) is 0 Å². The highest BCUT2D eigenvalue weighted by atomic mass is 15.1. The molecule has 0 fully saturated rings. The summed E-state index contributed by atoms with van der Waals surface area (Å²) in [5.74, 6) is 1.61. The lowest BCUT2D eigenvalue weighted by Crippen LogP contribution is -2.31. The van der Waals surface area contributed by atoms with Crippen LogP contribution >= 0.6 is 0 Å². The topological polar surface area (TPSA) is 76.1 Å². The summed E-state index contributed by atoms with van der Waals surface area (Å²) < 4.78 is 0. The second-order valence-corrected chi connectivity index (χ2v) is 3.49. The zero-order valence-corrected chi connectivity index (χ0v) is 13.3. The Morgan fingerprint density at radius 3 is 0.833 bits per heavy atom. The maximum atomic E-state index is 3.82. The molecule has 0 aromatic heterocycles. The van der Waals surface area contributed by atoms with E-state index in [9.17, 15) is 0 Å². The summed E-state index contributed by atoms with van der Waals surface area (Å²) in [6.45, 7) is 0. The van der Waals surface area contributed by atoms with Crippen LogP contribution in [0.15, 0.2) is 9.98 Å². The van der Waals surface area contributed by atoms with Crippen LogP contribution in [0, 0.1) is 0 Å². The monoisotopic (exact) mass is 261 g/mol. The molecule has 18 heavy (non-hydrogen) atoms. The number of aliphatic imine (C=N–C) groups is 2. The van der Waals surface area contributed by atoms with Gasteiger partial charge in [-0.1, -0.05) is 0 Å². The zero-order chi connectivity index (χ0) is 15.0. The summed E-state index contributed by atoms with van der Waals surface area (Å²) in [7, 11) is 16.7. The quantitative estimate of drug-likeness (QED) is 0.332. The molecule has 0 aromatic rings. The number of nitrogens with zero attached hydrogens (tertiary/aromatic N) is 3. The van der Waals surface area contributed by atoms with Crippen LogP contribution in [0.3, 0.4) is 0 Å². The molecule has 0 rings (SSSR count). The first-order chi connectivity index (χ1) is 8.42. The van der Waals surface area contributed by atoms with E-state index in [1.54, 1.807) is 14.1 Å². The van der Waals surface area contributed by atoms with E-state index < -0.39 is 0 Å². The van der Waals surface area contributed by atoms with Gasteiger partial charge in [-0.05, 0) is 21.1 Å². The Kier molecular flexibility index (Phi) is 21.6. The van der Waals surface area contributed by atoms with Crippen molar-refractivity contribution in [2.75, 3.05) is 63.4 Å². The third-order valence-corrected chi connectivity index (χ3v) is 1.39. The van der Waals surface area contributed by atoms with Crippen molar-refractivity contribution in [1.82, 2.24) is 26.2 Å².